The molecule has 4 nitrogen and oxygen atoms in total. The third-order valence-corrected chi connectivity index (χ3v) is 5.30. The van der Waals surface area contributed by atoms with E-state index in [0.29, 0.717) is 12.3 Å². The summed E-state index contributed by atoms with van der Waals surface area (Å²) in [5.74, 6) is 1.09. The summed E-state index contributed by atoms with van der Waals surface area (Å²) in [4.78, 5) is 15.6. The Kier molecular flexibility index (Phi) is 5.35. The molecular weight excluding hydrogens is 292 g/mol. The molecule has 1 aliphatic heterocycles. The van der Waals surface area contributed by atoms with Gasteiger partial charge in [-0.05, 0) is 23.8 Å². The van der Waals surface area contributed by atoms with Gasteiger partial charge in [-0.2, -0.15) is 0 Å². The van der Waals surface area contributed by atoms with Gasteiger partial charge in [-0.25, -0.2) is 0 Å². The second kappa shape index (κ2) is 6.83. The van der Waals surface area contributed by atoms with Gasteiger partial charge >= 0.3 is 0 Å². The van der Waals surface area contributed by atoms with Crippen LogP contribution < -0.4 is 5.32 Å². The van der Waals surface area contributed by atoms with Crippen molar-refractivity contribution in [2.75, 3.05) is 18.6 Å². The lowest BCUT2D eigenvalue weighted by Crippen LogP contribution is -2.35. The Labute approximate surface area is 127 Å². The standard InChI is InChI=1S/C14H22N2O2S2/c1-10(2)12-14(17)16(7-5-9-20(3)18)13(15-12)11-6-4-8-19-11/h4,6,8,10,12-13,15H,5,7,9H2,1-3H3. The summed E-state index contributed by atoms with van der Waals surface area (Å²) in [6.45, 7) is 4.79. The number of hydrogen-bond acceptors (Lipinski definition) is 4. The first kappa shape index (κ1) is 15.7. The van der Waals surface area contributed by atoms with Gasteiger partial charge in [-0.3, -0.25) is 14.3 Å². The average molecular weight is 314 g/mol. The quantitative estimate of drug-likeness (QED) is 0.873. The molecule has 3 atom stereocenters. The van der Waals surface area contributed by atoms with Crippen molar-refractivity contribution in [3.05, 3.63) is 22.4 Å². The topological polar surface area (TPSA) is 49.4 Å². The molecule has 1 N–H and O–H groups in total. The lowest BCUT2D eigenvalue weighted by molar-refractivity contribution is -0.130. The Bertz CT molecular complexity index is 474. The van der Waals surface area contributed by atoms with Crippen molar-refractivity contribution >= 4 is 28.0 Å². The normalized spacial score (nSPS) is 24.6. The van der Waals surface area contributed by atoms with Crippen molar-refractivity contribution in [1.82, 2.24) is 10.2 Å². The van der Waals surface area contributed by atoms with E-state index in [4.69, 9.17) is 0 Å². The van der Waals surface area contributed by atoms with Gasteiger partial charge in [0.1, 0.15) is 6.17 Å². The lowest BCUT2D eigenvalue weighted by atomic mass is 10.1. The van der Waals surface area contributed by atoms with Crippen LogP contribution in [-0.2, 0) is 15.6 Å². The lowest BCUT2D eigenvalue weighted by Gasteiger charge is -2.23. The summed E-state index contributed by atoms with van der Waals surface area (Å²) < 4.78 is 11.2. The fraction of sp³-hybridized carbons (Fsp3) is 0.643. The molecule has 6 heteroatoms. The largest absolute Gasteiger partial charge is 0.321 e. The van der Waals surface area contributed by atoms with Crippen LogP contribution in [0.4, 0.5) is 0 Å². The monoisotopic (exact) mass is 314 g/mol. The molecule has 1 amide bonds. The molecule has 2 rings (SSSR count). The van der Waals surface area contributed by atoms with Crippen LogP contribution in [0.5, 0.6) is 0 Å². The van der Waals surface area contributed by atoms with Gasteiger partial charge in [-0.1, -0.05) is 19.9 Å². The molecule has 0 aliphatic carbocycles. The molecule has 2 heterocycles. The number of nitrogens with zero attached hydrogens (tertiary/aromatic N) is 1. The number of hydrogen-bond donors (Lipinski definition) is 1. The second-order valence-corrected chi connectivity index (χ2v) is 8.00. The minimum atomic E-state index is -0.798. The molecule has 1 aromatic rings. The smallest absolute Gasteiger partial charge is 0.241 e. The minimum Gasteiger partial charge on any atom is -0.321 e. The fourth-order valence-electron chi connectivity index (χ4n) is 2.47. The highest BCUT2D eigenvalue weighted by atomic mass is 32.2. The zero-order valence-electron chi connectivity index (χ0n) is 12.2. The van der Waals surface area contributed by atoms with Gasteiger partial charge in [0.2, 0.25) is 5.91 Å². The van der Waals surface area contributed by atoms with E-state index in [1.807, 2.05) is 16.3 Å². The van der Waals surface area contributed by atoms with Crippen LogP contribution in [0.1, 0.15) is 31.3 Å². The molecule has 1 saturated heterocycles. The number of nitrogens with one attached hydrogen (secondary N) is 1. The van der Waals surface area contributed by atoms with E-state index in [9.17, 15) is 9.00 Å². The maximum absolute atomic E-state index is 12.5. The summed E-state index contributed by atoms with van der Waals surface area (Å²) in [7, 11) is -0.798. The van der Waals surface area contributed by atoms with E-state index in [0.717, 1.165) is 6.42 Å². The van der Waals surface area contributed by atoms with E-state index in [1.165, 1.54) is 4.88 Å². The van der Waals surface area contributed by atoms with Gasteiger partial charge in [0.15, 0.2) is 0 Å². The van der Waals surface area contributed by atoms with Crippen LogP contribution in [0.3, 0.4) is 0 Å². The Morgan fingerprint density at radius 3 is 2.80 bits per heavy atom. The average Bonchev–Trinajstić information content (AvgIpc) is 2.97. The summed E-state index contributed by atoms with van der Waals surface area (Å²) in [5.41, 5.74) is 0. The number of carbonyl (C=O) groups excluding carboxylic acids is 1. The van der Waals surface area contributed by atoms with E-state index in [2.05, 4.69) is 25.2 Å². The van der Waals surface area contributed by atoms with Gasteiger partial charge in [-0.15, -0.1) is 11.3 Å². The van der Waals surface area contributed by atoms with Crippen LogP contribution in [0, 0.1) is 5.92 Å². The zero-order chi connectivity index (χ0) is 14.7. The van der Waals surface area contributed by atoms with E-state index in [1.54, 1.807) is 17.6 Å². The maximum Gasteiger partial charge on any atom is 0.241 e. The first-order chi connectivity index (χ1) is 9.50. The molecule has 0 aromatic carbocycles. The van der Waals surface area contributed by atoms with Crippen LogP contribution in [0.15, 0.2) is 17.5 Å². The molecule has 0 saturated carbocycles. The fourth-order valence-corrected chi connectivity index (χ4v) is 3.81. The summed E-state index contributed by atoms with van der Waals surface area (Å²) in [6, 6.07) is 3.95. The number of rotatable bonds is 6. The predicted octanol–water partition coefficient (Wildman–Crippen LogP) is 1.97. The molecule has 1 aromatic heterocycles. The van der Waals surface area contributed by atoms with Crippen LogP contribution in [0.25, 0.3) is 0 Å². The van der Waals surface area contributed by atoms with E-state index in [-0.39, 0.29) is 24.0 Å². The number of carbonyl (C=O) groups is 1. The summed E-state index contributed by atoms with van der Waals surface area (Å²) >= 11 is 1.66. The molecule has 1 aliphatic rings. The van der Waals surface area contributed by atoms with Crippen molar-refractivity contribution in [1.29, 1.82) is 0 Å². The maximum atomic E-state index is 12.5. The van der Waals surface area contributed by atoms with Gasteiger partial charge in [0, 0.05) is 34.2 Å². The van der Waals surface area contributed by atoms with Crippen LogP contribution in [-0.4, -0.2) is 39.6 Å². The van der Waals surface area contributed by atoms with Gasteiger partial charge in [0.25, 0.3) is 0 Å². The third kappa shape index (κ3) is 3.48. The van der Waals surface area contributed by atoms with Gasteiger partial charge in [0.05, 0.1) is 6.04 Å². The Balaban J connectivity index is 2.11. The first-order valence-corrected chi connectivity index (χ1v) is 9.51. The summed E-state index contributed by atoms with van der Waals surface area (Å²) in [6.07, 6.45) is 2.46. The van der Waals surface area contributed by atoms with Crippen molar-refractivity contribution in [3.63, 3.8) is 0 Å². The van der Waals surface area contributed by atoms with Crippen molar-refractivity contribution in [3.8, 4) is 0 Å². The highest BCUT2D eigenvalue weighted by Gasteiger charge is 2.40. The highest BCUT2D eigenvalue weighted by molar-refractivity contribution is 7.84. The van der Waals surface area contributed by atoms with Crippen LogP contribution >= 0.6 is 11.3 Å². The number of thiophene rings is 1. The molecule has 20 heavy (non-hydrogen) atoms. The highest BCUT2D eigenvalue weighted by Crippen LogP contribution is 2.30. The van der Waals surface area contributed by atoms with Crippen molar-refractivity contribution < 1.29 is 9.00 Å². The third-order valence-electron chi connectivity index (χ3n) is 3.51. The second-order valence-electron chi connectivity index (χ2n) is 5.47. The molecule has 0 bridgehead atoms. The Hall–Kier alpha value is -0.720. The summed E-state index contributed by atoms with van der Waals surface area (Å²) in [5, 5.41) is 5.47. The molecular formula is C14H22N2O2S2. The van der Waals surface area contributed by atoms with Crippen molar-refractivity contribution in [2.24, 2.45) is 5.92 Å². The molecule has 0 radical (unpaired) electrons. The van der Waals surface area contributed by atoms with Crippen LogP contribution in [0.2, 0.25) is 0 Å². The SMILES string of the molecule is CC(C)C1NC(c2cccs2)N(CCCS(C)=O)C1=O. The van der Waals surface area contributed by atoms with Crippen molar-refractivity contribution in [2.45, 2.75) is 32.5 Å². The minimum absolute atomic E-state index is 0.0276. The Morgan fingerprint density at radius 1 is 1.50 bits per heavy atom. The molecule has 3 unspecified atom stereocenters. The zero-order valence-corrected chi connectivity index (χ0v) is 13.8. The first-order valence-electron chi connectivity index (χ1n) is 6.90. The molecule has 112 valence electrons. The van der Waals surface area contributed by atoms with E-state index >= 15 is 0 Å². The van der Waals surface area contributed by atoms with Gasteiger partial charge < -0.3 is 4.90 Å². The predicted molar refractivity (Wildman–Crippen MR) is 84.1 cm³/mol. The molecule has 1 fully saturated rings. The van der Waals surface area contributed by atoms with E-state index < -0.39 is 10.8 Å². The number of amides is 1. The Morgan fingerprint density at radius 2 is 2.25 bits per heavy atom. The molecule has 0 spiro atoms.